The van der Waals surface area contributed by atoms with Crippen LogP contribution in [0.25, 0.3) is 10.6 Å². The molecule has 0 saturated carbocycles. The van der Waals surface area contributed by atoms with Crippen LogP contribution in [0, 0.1) is 0 Å². The number of rotatable bonds is 5. The summed E-state index contributed by atoms with van der Waals surface area (Å²) in [5.74, 6) is -1.06. The lowest BCUT2D eigenvalue weighted by molar-refractivity contribution is -0.151. The molecule has 1 amide bonds. The van der Waals surface area contributed by atoms with Gasteiger partial charge in [-0.05, 0) is 31.2 Å². The maximum Gasteiger partial charge on any atom is 0.326 e. The fourth-order valence-electron chi connectivity index (χ4n) is 3.15. The molecule has 1 aliphatic rings. The fraction of sp³-hybridized carbons (Fsp3) is 0.421. The average Bonchev–Trinajstić information content (AvgIpc) is 3.10. The number of piperidine rings is 1. The Morgan fingerprint density at radius 1 is 1.28 bits per heavy atom. The molecule has 1 fully saturated rings. The van der Waals surface area contributed by atoms with Crippen LogP contribution in [0.1, 0.15) is 37.4 Å². The van der Waals surface area contributed by atoms with Crippen LogP contribution in [0.15, 0.2) is 29.6 Å². The topological polar surface area (TPSA) is 70.5 Å². The van der Waals surface area contributed by atoms with E-state index < -0.39 is 12.0 Å². The highest BCUT2D eigenvalue weighted by atomic mass is 32.1. The van der Waals surface area contributed by atoms with Crippen molar-refractivity contribution in [3.63, 3.8) is 0 Å². The van der Waals surface area contributed by atoms with Crippen molar-refractivity contribution in [2.75, 3.05) is 6.54 Å². The van der Waals surface area contributed by atoms with E-state index in [1.165, 1.54) is 21.8 Å². The first-order valence-electron chi connectivity index (χ1n) is 8.64. The molecule has 0 bridgehead atoms. The smallest absolute Gasteiger partial charge is 0.326 e. The van der Waals surface area contributed by atoms with Crippen LogP contribution in [0.4, 0.5) is 0 Å². The zero-order valence-corrected chi connectivity index (χ0v) is 15.1. The number of likely N-dealkylation sites (tertiary alicyclic amines) is 1. The summed E-state index contributed by atoms with van der Waals surface area (Å²) in [4.78, 5) is 30.0. The van der Waals surface area contributed by atoms with Gasteiger partial charge in [0.25, 0.3) is 0 Å². The summed E-state index contributed by atoms with van der Waals surface area (Å²) in [5.41, 5.74) is 3.03. The van der Waals surface area contributed by atoms with E-state index in [9.17, 15) is 14.7 Å². The number of carbonyl (C=O) groups is 2. The first kappa shape index (κ1) is 17.6. The van der Waals surface area contributed by atoms with Gasteiger partial charge in [-0.2, -0.15) is 0 Å². The number of benzene rings is 1. The third kappa shape index (κ3) is 4.07. The van der Waals surface area contributed by atoms with Crippen molar-refractivity contribution in [1.29, 1.82) is 0 Å². The summed E-state index contributed by atoms with van der Waals surface area (Å²) in [6, 6.07) is 7.59. The van der Waals surface area contributed by atoms with Crippen molar-refractivity contribution >= 4 is 23.2 Å². The van der Waals surface area contributed by atoms with Gasteiger partial charge in [-0.25, -0.2) is 9.78 Å². The van der Waals surface area contributed by atoms with Crippen LogP contribution in [0.2, 0.25) is 0 Å². The summed E-state index contributed by atoms with van der Waals surface area (Å²) >= 11 is 1.51. The second-order valence-electron chi connectivity index (χ2n) is 6.31. The molecule has 3 rings (SSSR count). The molecule has 1 saturated heterocycles. The average molecular weight is 358 g/mol. The van der Waals surface area contributed by atoms with Gasteiger partial charge in [0.05, 0.1) is 12.1 Å². The predicted molar refractivity (Wildman–Crippen MR) is 97.6 cm³/mol. The third-order valence-electron chi connectivity index (χ3n) is 4.60. The highest BCUT2D eigenvalue weighted by Gasteiger charge is 2.31. The second kappa shape index (κ2) is 7.78. The van der Waals surface area contributed by atoms with E-state index in [4.69, 9.17) is 0 Å². The number of nitrogens with zero attached hydrogens (tertiary/aromatic N) is 2. The molecule has 0 radical (unpaired) electrons. The Morgan fingerprint density at radius 2 is 2.04 bits per heavy atom. The first-order chi connectivity index (χ1) is 12.1. The lowest BCUT2D eigenvalue weighted by Gasteiger charge is -2.32. The zero-order chi connectivity index (χ0) is 17.8. The third-order valence-corrected chi connectivity index (χ3v) is 5.54. The van der Waals surface area contributed by atoms with Gasteiger partial charge in [-0.3, -0.25) is 4.79 Å². The van der Waals surface area contributed by atoms with Gasteiger partial charge < -0.3 is 10.0 Å². The highest BCUT2D eigenvalue weighted by molar-refractivity contribution is 7.13. The molecular weight excluding hydrogens is 336 g/mol. The molecule has 0 unspecified atom stereocenters. The lowest BCUT2D eigenvalue weighted by atomic mass is 10.0. The van der Waals surface area contributed by atoms with E-state index in [0.29, 0.717) is 18.7 Å². The number of hydrogen-bond acceptors (Lipinski definition) is 4. The fourth-order valence-corrected chi connectivity index (χ4v) is 3.97. The minimum absolute atomic E-state index is 0.148. The summed E-state index contributed by atoms with van der Waals surface area (Å²) < 4.78 is 0. The van der Waals surface area contributed by atoms with Gasteiger partial charge in [0.2, 0.25) is 5.91 Å². The molecule has 132 valence electrons. The van der Waals surface area contributed by atoms with E-state index >= 15 is 0 Å². The molecule has 0 aliphatic carbocycles. The zero-order valence-electron chi connectivity index (χ0n) is 14.3. The van der Waals surface area contributed by atoms with Crippen molar-refractivity contribution < 1.29 is 14.7 Å². The van der Waals surface area contributed by atoms with Crippen LogP contribution in [-0.4, -0.2) is 39.5 Å². The molecule has 1 aromatic heterocycles. The number of carboxylic acids is 1. The van der Waals surface area contributed by atoms with Gasteiger partial charge >= 0.3 is 5.97 Å². The Morgan fingerprint density at radius 3 is 2.72 bits per heavy atom. The number of aromatic nitrogens is 1. The molecule has 0 spiro atoms. The SMILES string of the molecule is CCc1ccc(-c2nc(CC(=O)N3CCCC[C@@H]3C(=O)O)cs2)cc1. The second-order valence-corrected chi connectivity index (χ2v) is 7.17. The maximum absolute atomic E-state index is 12.5. The van der Waals surface area contributed by atoms with Crippen LogP contribution >= 0.6 is 11.3 Å². The molecule has 25 heavy (non-hydrogen) atoms. The van der Waals surface area contributed by atoms with Crippen LogP contribution in [0.5, 0.6) is 0 Å². The molecular formula is C19H22N2O3S. The monoisotopic (exact) mass is 358 g/mol. The first-order valence-corrected chi connectivity index (χ1v) is 9.52. The molecule has 6 heteroatoms. The van der Waals surface area contributed by atoms with E-state index in [1.807, 2.05) is 17.5 Å². The van der Waals surface area contributed by atoms with Gasteiger partial charge in [-0.15, -0.1) is 11.3 Å². The number of thiazole rings is 1. The summed E-state index contributed by atoms with van der Waals surface area (Å²) in [5, 5.41) is 12.1. The van der Waals surface area contributed by atoms with Crippen molar-refractivity contribution in [1.82, 2.24) is 9.88 Å². The van der Waals surface area contributed by atoms with Gasteiger partial charge in [0.1, 0.15) is 11.0 Å². The van der Waals surface area contributed by atoms with Crippen molar-refractivity contribution in [2.45, 2.75) is 45.1 Å². The Balaban J connectivity index is 1.69. The number of aliphatic carboxylic acids is 1. The van der Waals surface area contributed by atoms with Crippen LogP contribution < -0.4 is 0 Å². The van der Waals surface area contributed by atoms with Crippen molar-refractivity contribution in [2.24, 2.45) is 0 Å². The van der Waals surface area contributed by atoms with Crippen LogP contribution in [0.3, 0.4) is 0 Å². The van der Waals surface area contributed by atoms with Gasteiger partial charge in [0, 0.05) is 17.5 Å². The number of hydrogen-bond donors (Lipinski definition) is 1. The molecule has 2 aromatic rings. The Hall–Kier alpha value is -2.21. The Bertz CT molecular complexity index is 754. The molecule has 1 atom stereocenters. The number of carbonyl (C=O) groups excluding carboxylic acids is 1. The minimum atomic E-state index is -0.914. The normalized spacial score (nSPS) is 17.5. The summed E-state index contributed by atoms with van der Waals surface area (Å²) in [7, 11) is 0. The quantitative estimate of drug-likeness (QED) is 0.889. The number of aryl methyl sites for hydroxylation is 1. The number of carboxylic acid groups (broad SMARTS) is 1. The molecule has 1 aromatic carbocycles. The highest BCUT2D eigenvalue weighted by Crippen LogP contribution is 2.25. The summed E-state index contributed by atoms with van der Waals surface area (Å²) in [6.07, 6.45) is 3.41. The van der Waals surface area contributed by atoms with Crippen molar-refractivity contribution in [3.05, 3.63) is 40.9 Å². The molecule has 5 nitrogen and oxygen atoms in total. The minimum Gasteiger partial charge on any atom is -0.480 e. The van der Waals surface area contributed by atoms with E-state index in [1.54, 1.807) is 0 Å². The maximum atomic E-state index is 12.5. The van der Waals surface area contributed by atoms with Crippen molar-refractivity contribution in [3.8, 4) is 10.6 Å². The Labute approximate surface area is 151 Å². The molecule has 1 aliphatic heterocycles. The van der Waals surface area contributed by atoms with E-state index in [2.05, 4.69) is 24.0 Å². The van der Waals surface area contributed by atoms with Gasteiger partial charge in [-0.1, -0.05) is 31.2 Å². The van der Waals surface area contributed by atoms with E-state index in [0.717, 1.165) is 29.8 Å². The Kier molecular flexibility index (Phi) is 5.48. The van der Waals surface area contributed by atoms with Crippen LogP contribution in [-0.2, 0) is 22.4 Å². The largest absolute Gasteiger partial charge is 0.480 e. The lowest BCUT2D eigenvalue weighted by Crippen LogP contribution is -2.48. The predicted octanol–water partition coefficient (Wildman–Crippen LogP) is 3.38. The number of amides is 1. The van der Waals surface area contributed by atoms with Gasteiger partial charge in [0.15, 0.2) is 0 Å². The molecule has 2 heterocycles. The summed E-state index contributed by atoms with van der Waals surface area (Å²) in [6.45, 7) is 2.64. The van der Waals surface area contributed by atoms with E-state index in [-0.39, 0.29) is 12.3 Å². The standard InChI is InChI=1S/C19H22N2O3S/c1-2-13-6-8-14(9-7-13)18-20-15(12-25-18)11-17(22)21-10-4-3-5-16(21)19(23)24/h6-9,12,16H,2-5,10-11H2,1H3,(H,23,24)/t16-/m1/s1. The molecule has 1 N–H and O–H groups in total.